The van der Waals surface area contributed by atoms with E-state index in [1.54, 1.807) is 6.92 Å². The number of Topliss-reactive ketones (excluding diaryl/α,β-unsaturated/α-hetero) is 1. The minimum absolute atomic E-state index is 0. The van der Waals surface area contributed by atoms with E-state index in [2.05, 4.69) is 60.6 Å². The van der Waals surface area contributed by atoms with Gasteiger partial charge in [0, 0.05) is 17.4 Å². The lowest BCUT2D eigenvalue weighted by Crippen LogP contribution is -2.56. The van der Waals surface area contributed by atoms with E-state index in [0.717, 1.165) is 44.9 Å². The number of aliphatic carboxylic acids is 1. The van der Waals surface area contributed by atoms with Gasteiger partial charge in [-0.3, -0.25) is 4.79 Å². The average molecular weight is 505 g/mol. The molecule has 1 N–H and O–H groups in total. The van der Waals surface area contributed by atoms with E-state index >= 15 is 0 Å². The molecule has 2 fully saturated rings. The van der Waals surface area contributed by atoms with E-state index in [9.17, 15) is 9.59 Å². The predicted octanol–water partition coefficient (Wildman–Crippen LogP) is 8.81. The van der Waals surface area contributed by atoms with Crippen molar-refractivity contribution in [2.45, 2.75) is 120 Å². The third-order valence-electron chi connectivity index (χ3n) is 9.40. The molecular formula is C31H52O3S. The molecule has 0 aromatic heterocycles. The van der Waals surface area contributed by atoms with Gasteiger partial charge in [-0.15, -0.1) is 0 Å². The fourth-order valence-electron chi connectivity index (χ4n) is 7.16. The van der Waals surface area contributed by atoms with E-state index in [1.807, 2.05) is 6.08 Å². The molecule has 2 aliphatic rings. The van der Waals surface area contributed by atoms with Crippen molar-refractivity contribution in [3.05, 3.63) is 34.9 Å². The second-order valence-corrected chi connectivity index (χ2v) is 12.7. The van der Waals surface area contributed by atoms with Crippen LogP contribution in [0.15, 0.2) is 34.9 Å². The molecule has 0 aromatic rings. The van der Waals surface area contributed by atoms with Crippen molar-refractivity contribution in [3.63, 3.8) is 0 Å². The number of fused-ring (bicyclic) bond motifs is 1. The quantitative estimate of drug-likeness (QED) is 0.239. The monoisotopic (exact) mass is 504 g/mol. The van der Waals surface area contributed by atoms with Crippen molar-refractivity contribution >= 4 is 25.2 Å². The zero-order chi connectivity index (χ0) is 25.7. The smallest absolute Gasteiger partial charge is 0.330 e. The molecule has 2 saturated carbocycles. The van der Waals surface area contributed by atoms with Crippen LogP contribution in [0.25, 0.3) is 0 Å². The largest absolute Gasteiger partial charge is 0.478 e. The first-order valence-electron chi connectivity index (χ1n) is 13.5. The minimum atomic E-state index is -0.829. The topological polar surface area (TPSA) is 54.4 Å². The maximum absolute atomic E-state index is 12.7. The summed E-state index contributed by atoms with van der Waals surface area (Å²) in [4.78, 5) is 23.6. The number of ketones is 1. The Morgan fingerprint density at radius 1 is 0.914 bits per heavy atom. The Morgan fingerprint density at radius 2 is 1.46 bits per heavy atom. The number of carboxylic acids is 1. The van der Waals surface area contributed by atoms with Crippen LogP contribution in [0.2, 0.25) is 0 Å². The van der Waals surface area contributed by atoms with Crippen molar-refractivity contribution in [2.24, 2.45) is 28.1 Å². The molecule has 35 heavy (non-hydrogen) atoms. The molecule has 0 bridgehead atoms. The summed E-state index contributed by atoms with van der Waals surface area (Å²) < 4.78 is 0. The van der Waals surface area contributed by atoms with E-state index < -0.39 is 5.97 Å². The molecule has 3 atom stereocenters. The third kappa shape index (κ3) is 7.84. The molecular weight excluding hydrogens is 452 g/mol. The molecule has 0 saturated heterocycles. The molecule has 2 rings (SSSR count). The Balaban J connectivity index is 0.00000612. The number of allylic oxidation sites excluding steroid dienone is 5. The number of rotatable bonds is 10. The van der Waals surface area contributed by atoms with Crippen molar-refractivity contribution < 1.29 is 14.7 Å². The summed E-state index contributed by atoms with van der Waals surface area (Å²) >= 11 is 0. The number of carbonyl (C=O) groups excluding carboxylic acids is 1. The van der Waals surface area contributed by atoms with Crippen LogP contribution in [0.3, 0.4) is 0 Å². The standard InChI is InChI=1S/C31H50O3.H2S/c1-22(14-10-16-24(3)28(33)34)12-9-13-23(2)15-11-17-25-29(4,5)20-18-26-30(6,7)27(32)19-21-31(25,26)8;/h12,15-16,25-26H,9-11,13-14,17-21H2,1-8H3,(H,33,34);1H2/b22-12+,23-15+,24-16+;/t25?,26-,31+;/m0./s1. The predicted molar refractivity (Wildman–Crippen MR) is 153 cm³/mol. The lowest BCUT2D eigenvalue weighted by atomic mass is 9.43. The van der Waals surface area contributed by atoms with Gasteiger partial charge >= 0.3 is 5.97 Å². The van der Waals surface area contributed by atoms with Crippen LogP contribution in [-0.4, -0.2) is 16.9 Å². The first-order chi connectivity index (χ1) is 15.7. The van der Waals surface area contributed by atoms with Crippen molar-refractivity contribution in [1.29, 1.82) is 0 Å². The maximum Gasteiger partial charge on any atom is 0.330 e. The SMILES string of the molecule is C/C(=C\CC/C(C)=C/CCC1C(C)(C)CC[C@H]2C(C)(C)C(=O)CC[C@]12C)CC/C=C(\C)C(=O)O.S. The second kappa shape index (κ2) is 12.8. The van der Waals surface area contributed by atoms with Crippen LogP contribution >= 0.6 is 13.5 Å². The molecule has 0 radical (unpaired) electrons. The van der Waals surface area contributed by atoms with Gasteiger partial charge in [0.2, 0.25) is 0 Å². The van der Waals surface area contributed by atoms with E-state index in [1.165, 1.54) is 30.4 Å². The fourth-order valence-corrected chi connectivity index (χ4v) is 7.16. The lowest BCUT2D eigenvalue weighted by Gasteiger charge is -2.61. The van der Waals surface area contributed by atoms with Gasteiger partial charge in [0.05, 0.1) is 0 Å². The molecule has 0 aliphatic heterocycles. The van der Waals surface area contributed by atoms with Gasteiger partial charge in [-0.25, -0.2) is 4.79 Å². The molecule has 200 valence electrons. The number of carboxylic acid groups (broad SMARTS) is 1. The summed E-state index contributed by atoms with van der Waals surface area (Å²) in [6.45, 7) is 17.9. The lowest BCUT2D eigenvalue weighted by molar-refractivity contribution is -0.158. The molecule has 0 heterocycles. The van der Waals surface area contributed by atoms with Crippen molar-refractivity contribution in [2.75, 3.05) is 0 Å². The van der Waals surface area contributed by atoms with E-state index in [-0.39, 0.29) is 24.3 Å². The Hall–Kier alpha value is -1.29. The number of carbonyl (C=O) groups is 2. The molecule has 3 nitrogen and oxygen atoms in total. The molecule has 0 aromatic carbocycles. The van der Waals surface area contributed by atoms with E-state index in [0.29, 0.717) is 28.6 Å². The normalized spacial score (nSPS) is 28.8. The van der Waals surface area contributed by atoms with Crippen LogP contribution in [0.1, 0.15) is 120 Å². The summed E-state index contributed by atoms with van der Waals surface area (Å²) in [5, 5.41) is 8.93. The van der Waals surface area contributed by atoms with Gasteiger partial charge in [-0.05, 0) is 101 Å². The molecule has 0 spiro atoms. The second-order valence-electron chi connectivity index (χ2n) is 12.7. The van der Waals surface area contributed by atoms with Gasteiger partial charge in [-0.2, -0.15) is 13.5 Å². The van der Waals surface area contributed by atoms with Gasteiger partial charge in [0.15, 0.2) is 0 Å². The number of hydrogen-bond acceptors (Lipinski definition) is 2. The van der Waals surface area contributed by atoms with Crippen molar-refractivity contribution in [1.82, 2.24) is 0 Å². The highest BCUT2D eigenvalue weighted by atomic mass is 32.1. The van der Waals surface area contributed by atoms with Crippen LogP contribution in [0.5, 0.6) is 0 Å². The van der Waals surface area contributed by atoms with Gasteiger partial charge in [-0.1, -0.05) is 64.0 Å². The molecule has 1 unspecified atom stereocenters. The Labute approximate surface area is 222 Å². The van der Waals surface area contributed by atoms with Gasteiger partial charge in [0.1, 0.15) is 5.78 Å². The van der Waals surface area contributed by atoms with Gasteiger partial charge in [0.25, 0.3) is 0 Å². The van der Waals surface area contributed by atoms with Gasteiger partial charge < -0.3 is 5.11 Å². The highest BCUT2D eigenvalue weighted by Gasteiger charge is 2.58. The van der Waals surface area contributed by atoms with Crippen molar-refractivity contribution in [3.8, 4) is 0 Å². The summed E-state index contributed by atoms with van der Waals surface area (Å²) in [6, 6.07) is 0. The first-order valence-corrected chi connectivity index (χ1v) is 13.5. The van der Waals surface area contributed by atoms with Crippen LogP contribution in [0.4, 0.5) is 0 Å². The Kier molecular flexibility index (Phi) is 11.6. The highest BCUT2D eigenvalue weighted by Crippen LogP contribution is 2.64. The summed E-state index contributed by atoms with van der Waals surface area (Å²) in [7, 11) is 0. The minimum Gasteiger partial charge on any atom is -0.478 e. The zero-order valence-corrected chi connectivity index (χ0v) is 24.7. The summed E-state index contributed by atoms with van der Waals surface area (Å²) in [5.41, 5.74) is 3.63. The average Bonchev–Trinajstić information content (AvgIpc) is 2.72. The molecule has 0 amide bonds. The third-order valence-corrected chi connectivity index (χ3v) is 9.40. The zero-order valence-electron chi connectivity index (χ0n) is 23.7. The Bertz CT molecular complexity index is 845. The van der Waals surface area contributed by atoms with Crippen LogP contribution in [0, 0.1) is 28.1 Å². The summed E-state index contributed by atoms with van der Waals surface area (Å²) in [6.07, 6.45) is 16.9. The molecule has 4 heteroatoms. The fraction of sp³-hybridized carbons (Fsp3) is 0.742. The maximum atomic E-state index is 12.7. The van der Waals surface area contributed by atoms with Crippen LogP contribution in [-0.2, 0) is 9.59 Å². The molecule has 2 aliphatic carbocycles. The van der Waals surface area contributed by atoms with E-state index in [4.69, 9.17) is 5.11 Å². The first kappa shape index (κ1) is 31.7. The number of hydrogen-bond donors (Lipinski definition) is 1. The Morgan fingerprint density at radius 3 is 2.03 bits per heavy atom. The highest BCUT2D eigenvalue weighted by molar-refractivity contribution is 7.59. The summed E-state index contributed by atoms with van der Waals surface area (Å²) in [5.74, 6) is 0.802. The van der Waals surface area contributed by atoms with Crippen LogP contribution < -0.4 is 0 Å².